The summed E-state index contributed by atoms with van der Waals surface area (Å²) in [5, 5.41) is 2.73. The first kappa shape index (κ1) is 30.8. The maximum atomic E-state index is 13.1. The van der Waals surface area contributed by atoms with Crippen molar-refractivity contribution < 1.29 is 14.3 Å². The average Bonchev–Trinajstić information content (AvgIpc) is 3.67. The lowest BCUT2D eigenvalue weighted by molar-refractivity contribution is 0.0774. The maximum Gasteiger partial charge on any atom is 0.256 e. The second-order valence-corrected chi connectivity index (χ2v) is 13.0. The minimum Gasteiger partial charge on any atom is -0.493 e. The zero-order valence-corrected chi connectivity index (χ0v) is 27.2. The summed E-state index contributed by atoms with van der Waals surface area (Å²) in [4.78, 5) is 24.9. The molecule has 3 aliphatic rings. The van der Waals surface area contributed by atoms with Crippen LogP contribution in [0.3, 0.4) is 0 Å². The van der Waals surface area contributed by atoms with Crippen LogP contribution in [0.25, 0.3) is 21.8 Å². The SMILES string of the molecule is COc1cc2c(cc1OCCCCN1CCN(CCCCCn3c4ccccc4c4ccccc43)CC1)N=C[C@@H]1CCCN1C2=O. The van der Waals surface area contributed by atoms with Gasteiger partial charge >= 0.3 is 0 Å². The highest BCUT2D eigenvalue weighted by Gasteiger charge is 2.32. The van der Waals surface area contributed by atoms with Gasteiger partial charge in [0.15, 0.2) is 11.5 Å². The molecule has 1 aromatic heterocycles. The van der Waals surface area contributed by atoms with Gasteiger partial charge in [0.2, 0.25) is 0 Å². The zero-order chi connectivity index (χ0) is 31.3. The van der Waals surface area contributed by atoms with E-state index in [1.165, 1.54) is 47.6 Å². The van der Waals surface area contributed by atoms with E-state index in [0.29, 0.717) is 29.4 Å². The Morgan fingerprint density at radius 1 is 0.761 bits per heavy atom. The molecule has 0 radical (unpaired) electrons. The Bertz CT molecular complexity index is 1640. The molecule has 7 rings (SSSR count). The second-order valence-electron chi connectivity index (χ2n) is 13.0. The van der Waals surface area contributed by atoms with Crippen LogP contribution in [0, 0.1) is 0 Å². The molecule has 46 heavy (non-hydrogen) atoms. The van der Waals surface area contributed by atoms with Crippen LogP contribution in [0.5, 0.6) is 11.5 Å². The van der Waals surface area contributed by atoms with E-state index in [0.717, 1.165) is 71.5 Å². The van der Waals surface area contributed by atoms with Crippen LogP contribution in [0.15, 0.2) is 65.7 Å². The molecule has 0 spiro atoms. The zero-order valence-electron chi connectivity index (χ0n) is 27.2. The summed E-state index contributed by atoms with van der Waals surface area (Å²) >= 11 is 0. The van der Waals surface area contributed by atoms with E-state index >= 15 is 0 Å². The Balaban J connectivity index is 0.798. The van der Waals surface area contributed by atoms with E-state index in [-0.39, 0.29) is 11.9 Å². The number of para-hydroxylation sites is 2. The van der Waals surface area contributed by atoms with Crippen molar-refractivity contribution in [1.82, 2.24) is 19.3 Å². The number of benzene rings is 3. The van der Waals surface area contributed by atoms with Crippen molar-refractivity contribution in [2.75, 3.05) is 59.5 Å². The number of amides is 1. The third-order valence-electron chi connectivity index (χ3n) is 10.1. The summed E-state index contributed by atoms with van der Waals surface area (Å²) in [5.74, 6) is 1.30. The minimum atomic E-state index is 0.0375. The fourth-order valence-corrected chi connectivity index (χ4v) is 7.50. The van der Waals surface area contributed by atoms with Gasteiger partial charge in [-0.2, -0.15) is 0 Å². The number of rotatable bonds is 13. The molecule has 4 aromatic rings. The fourth-order valence-electron chi connectivity index (χ4n) is 7.50. The lowest BCUT2D eigenvalue weighted by Crippen LogP contribution is -2.46. The van der Waals surface area contributed by atoms with Crippen LogP contribution >= 0.6 is 0 Å². The highest BCUT2D eigenvalue weighted by atomic mass is 16.5. The van der Waals surface area contributed by atoms with Gasteiger partial charge in [-0.05, 0) is 69.8 Å². The summed E-state index contributed by atoms with van der Waals surface area (Å²) in [6.45, 7) is 9.40. The Morgan fingerprint density at radius 2 is 1.41 bits per heavy atom. The van der Waals surface area contributed by atoms with Crippen molar-refractivity contribution in [1.29, 1.82) is 0 Å². The van der Waals surface area contributed by atoms with Gasteiger partial charge in [0.05, 0.1) is 31.0 Å². The normalized spacial score (nSPS) is 18.7. The van der Waals surface area contributed by atoms with E-state index in [9.17, 15) is 4.79 Å². The molecule has 0 saturated carbocycles. The number of carbonyl (C=O) groups is 1. The van der Waals surface area contributed by atoms with E-state index in [1.807, 2.05) is 17.2 Å². The van der Waals surface area contributed by atoms with Crippen LogP contribution in [0.2, 0.25) is 0 Å². The predicted molar refractivity (Wildman–Crippen MR) is 186 cm³/mol. The van der Waals surface area contributed by atoms with E-state index < -0.39 is 0 Å². The largest absolute Gasteiger partial charge is 0.493 e. The number of hydrogen-bond acceptors (Lipinski definition) is 6. The van der Waals surface area contributed by atoms with Gasteiger partial charge in [0.1, 0.15) is 0 Å². The molecule has 8 heteroatoms. The Kier molecular flexibility index (Phi) is 9.54. The van der Waals surface area contributed by atoms with Crippen LogP contribution in [-0.4, -0.2) is 97.0 Å². The molecule has 2 fully saturated rings. The number of nitrogens with zero attached hydrogens (tertiary/aromatic N) is 5. The monoisotopic (exact) mass is 621 g/mol. The smallest absolute Gasteiger partial charge is 0.256 e. The average molecular weight is 622 g/mol. The summed E-state index contributed by atoms with van der Waals surface area (Å²) in [6.07, 6.45) is 9.74. The Hall–Kier alpha value is -3.88. The summed E-state index contributed by atoms with van der Waals surface area (Å²) < 4.78 is 14.3. The van der Waals surface area contributed by atoms with Crippen LogP contribution in [0.1, 0.15) is 55.3 Å². The van der Waals surface area contributed by atoms with Crippen molar-refractivity contribution >= 4 is 39.6 Å². The first-order valence-electron chi connectivity index (χ1n) is 17.3. The van der Waals surface area contributed by atoms with Gasteiger partial charge in [0.25, 0.3) is 5.91 Å². The second kappa shape index (κ2) is 14.3. The van der Waals surface area contributed by atoms with Gasteiger partial charge in [-0.3, -0.25) is 9.79 Å². The van der Waals surface area contributed by atoms with Crippen molar-refractivity contribution in [3.63, 3.8) is 0 Å². The number of ether oxygens (including phenoxy) is 2. The Labute approximate surface area is 272 Å². The predicted octanol–water partition coefficient (Wildman–Crippen LogP) is 6.77. The molecular weight excluding hydrogens is 574 g/mol. The number of fused-ring (bicyclic) bond motifs is 5. The molecule has 4 heterocycles. The van der Waals surface area contributed by atoms with E-state index in [4.69, 9.17) is 9.47 Å². The molecule has 3 aromatic carbocycles. The number of aryl methyl sites for hydroxylation is 1. The number of methoxy groups -OCH3 is 1. The van der Waals surface area contributed by atoms with Crippen molar-refractivity contribution in [2.45, 2.75) is 57.5 Å². The molecule has 242 valence electrons. The lowest BCUT2D eigenvalue weighted by atomic mass is 10.1. The van der Waals surface area contributed by atoms with E-state index in [2.05, 4.69) is 67.9 Å². The molecule has 8 nitrogen and oxygen atoms in total. The Morgan fingerprint density at radius 3 is 2.11 bits per heavy atom. The van der Waals surface area contributed by atoms with Crippen molar-refractivity contribution in [3.8, 4) is 11.5 Å². The third-order valence-corrected chi connectivity index (χ3v) is 10.1. The van der Waals surface area contributed by atoms with Gasteiger partial charge in [-0.1, -0.05) is 42.8 Å². The molecule has 0 unspecified atom stereocenters. The van der Waals surface area contributed by atoms with Crippen molar-refractivity contribution in [3.05, 3.63) is 66.2 Å². The fraction of sp³-hybridized carbons (Fsp3) is 0.474. The summed E-state index contributed by atoms with van der Waals surface area (Å²) in [5.41, 5.74) is 3.99. The number of piperazine rings is 1. The minimum absolute atomic E-state index is 0.0375. The molecular formula is C38H47N5O3. The molecule has 2 saturated heterocycles. The first-order chi connectivity index (χ1) is 22.7. The van der Waals surface area contributed by atoms with E-state index in [1.54, 1.807) is 13.2 Å². The van der Waals surface area contributed by atoms with Crippen molar-refractivity contribution in [2.24, 2.45) is 4.99 Å². The third kappa shape index (κ3) is 6.51. The topological polar surface area (TPSA) is 62.5 Å². The van der Waals surface area contributed by atoms with Gasteiger partial charge in [-0.15, -0.1) is 0 Å². The van der Waals surface area contributed by atoms with Crippen LogP contribution < -0.4 is 9.47 Å². The molecule has 0 N–H and O–H groups in total. The molecule has 3 aliphatic heterocycles. The van der Waals surface area contributed by atoms with Crippen LogP contribution in [-0.2, 0) is 6.54 Å². The number of unbranched alkanes of at least 4 members (excludes halogenated alkanes) is 3. The number of carbonyl (C=O) groups excluding carboxylic acids is 1. The summed E-state index contributed by atoms with van der Waals surface area (Å²) in [6, 6.07) is 21.4. The van der Waals surface area contributed by atoms with Gasteiger partial charge in [-0.25, -0.2) is 0 Å². The summed E-state index contributed by atoms with van der Waals surface area (Å²) in [7, 11) is 1.63. The lowest BCUT2D eigenvalue weighted by Gasteiger charge is -2.34. The van der Waals surface area contributed by atoms with Gasteiger partial charge < -0.3 is 28.7 Å². The number of aromatic nitrogens is 1. The first-order valence-corrected chi connectivity index (χ1v) is 17.3. The molecule has 0 aliphatic carbocycles. The number of hydrogen-bond donors (Lipinski definition) is 0. The highest BCUT2D eigenvalue weighted by molar-refractivity contribution is 6.08. The molecule has 1 atom stereocenters. The number of aliphatic imine (C=N–C) groups is 1. The molecule has 1 amide bonds. The highest BCUT2D eigenvalue weighted by Crippen LogP contribution is 2.38. The standard InChI is InChI=1S/C38H47N5O3/c1-45-36-26-32-33(39-28-29-12-11-20-42(29)38(32)44)27-37(36)46-25-10-9-18-41-23-21-40(22-24-41)17-7-2-8-19-43-34-15-5-3-13-30(34)31-14-4-6-16-35(31)43/h3-6,13-16,26-29H,2,7-12,17-25H2,1H3/t29-/m0/s1. The van der Waals surface area contributed by atoms with Gasteiger partial charge in [0, 0.05) is 73.4 Å². The van der Waals surface area contributed by atoms with Crippen LogP contribution in [0.4, 0.5) is 5.69 Å². The maximum absolute atomic E-state index is 13.1. The molecule has 0 bridgehead atoms. The quantitative estimate of drug-likeness (QED) is 0.154.